The highest BCUT2D eigenvalue weighted by Crippen LogP contribution is 2.18. The Kier molecular flexibility index (Phi) is 4.01. The van der Waals surface area contributed by atoms with E-state index in [1.807, 2.05) is 25.1 Å². The molecule has 3 rings (SSSR count). The predicted octanol–water partition coefficient (Wildman–Crippen LogP) is 1.63. The van der Waals surface area contributed by atoms with Crippen LogP contribution >= 0.6 is 0 Å². The van der Waals surface area contributed by atoms with E-state index < -0.39 is 0 Å². The van der Waals surface area contributed by atoms with Crippen LogP contribution in [0.5, 0.6) is 0 Å². The van der Waals surface area contributed by atoms with Gasteiger partial charge in [0.25, 0.3) is 5.91 Å². The number of pyridine rings is 1. The Hall–Kier alpha value is -3.22. The lowest BCUT2D eigenvalue weighted by Gasteiger charge is -2.05. The van der Waals surface area contributed by atoms with Crippen molar-refractivity contribution >= 4 is 28.7 Å². The van der Waals surface area contributed by atoms with E-state index in [0.717, 1.165) is 11.1 Å². The van der Waals surface area contributed by atoms with Crippen LogP contribution in [-0.4, -0.2) is 33.5 Å². The van der Waals surface area contributed by atoms with Crippen LogP contribution in [0.2, 0.25) is 0 Å². The number of aromatic nitrogens is 3. The number of carbonyl (C=O) groups excluding carboxylic acids is 2. The van der Waals surface area contributed by atoms with E-state index in [-0.39, 0.29) is 18.4 Å². The molecule has 0 saturated heterocycles. The number of hydrogen-bond acceptors (Lipinski definition) is 4. The molecule has 0 fully saturated rings. The molecule has 2 heterocycles. The van der Waals surface area contributed by atoms with Gasteiger partial charge in [-0.1, -0.05) is 18.2 Å². The summed E-state index contributed by atoms with van der Waals surface area (Å²) in [5.41, 5.74) is 1.97. The highest BCUT2D eigenvalue weighted by atomic mass is 16.2. The molecule has 0 aliphatic carbocycles. The third kappa shape index (κ3) is 3.34. The summed E-state index contributed by atoms with van der Waals surface area (Å²) in [5, 5.41) is 12.7. The molecule has 0 aliphatic rings. The number of nitrogens with one attached hydrogen (secondary N) is 3. The fourth-order valence-electron chi connectivity index (χ4n) is 2.13. The molecule has 0 radical (unpaired) electrons. The van der Waals surface area contributed by atoms with Gasteiger partial charge in [-0.2, -0.15) is 5.10 Å². The molecular formula is C16H15N5O2. The number of fused-ring (bicyclic) bond motifs is 1. The molecule has 23 heavy (non-hydrogen) atoms. The summed E-state index contributed by atoms with van der Waals surface area (Å²) in [4.78, 5) is 28.1. The molecule has 7 nitrogen and oxygen atoms in total. The van der Waals surface area contributed by atoms with E-state index in [4.69, 9.17) is 0 Å². The second-order valence-electron chi connectivity index (χ2n) is 5.02. The number of amides is 2. The number of nitrogens with zero attached hydrogens (tertiary/aromatic N) is 2. The van der Waals surface area contributed by atoms with Gasteiger partial charge in [-0.25, -0.2) is 4.98 Å². The maximum absolute atomic E-state index is 12.0. The smallest absolute Gasteiger partial charge is 0.251 e. The number of benzene rings is 1. The van der Waals surface area contributed by atoms with Crippen LogP contribution in [0.4, 0.5) is 5.82 Å². The van der Waals surface area contributed by atoms with E-state index in [2.05, 4.69) is 25.8 Å². The van der Waals surface area contributed by atoms with Crippen LogP contribution in [0.3, 0.4) is 0 Å². The average Bonchev–Trinajstić information content (AvgIpc) is 2.95. The van der Waals surface area contributed by atoms with Crippen LogP contribution in [0.25, 0.3) is 11.0 Å². The van der Waals surface area contributed by atoms with E-state index in [1.54, 1.807) is 24.3 Å². The van der Waals surface area contributed by atoms with Crippen molar-refractivity contribution in [3.8, 4) is 0 Å². The summed E-state index contributed by atoms with van der Waals surface area (Å²) in [6, 6.07) is 12.4. The number of carbonyl (C=O) groups is 2. The van der Waals surface area contributed by atoms with Crippen molar-refractivity contribution in [2.75, 3.05) is 11.9 Å². The summed E-state index contributed by atoms with van der Waals surface area (Å²) in [5.74, 6) is -0.264. The van der Waals surface area contributed by atoms with Crippen LogP contribution in [0, 0.1) is 6.92 Å². The summed E-state index contributed by atoms with van der Waals surface area (Å²) in [6.07, 6.45) is 0. The standard InChI is InChI=1S/C16H15N5O2/c1-10-7-8-12-14(18-10)20-21-15(12)19-13(22)9-17-16(23)11-5-3-2-4-6-11/h2-8H,9H2,1H3,(H,17,23)(H2,18,19,20,21,22). The Bertz CT molecular complexity index is 857. The first kappa shape index (κ1) is 14.7. The fraction of sp³-hybridized carbons (Fsp3) is 0.125. The van der Waals surface area contributed by atoms with Gasteiger partial charge in [0.05, 0.1) is 11.9 Å². The summed E-state index contributed by atoms with van der Waals surface area (Å²) in [7, 11) is 0. The summed E-state index contributed by atoms with van der Waals surface area (Å²) < 4.78 is 0. The third-order valence-electron chi connectivity index (χ3n) is 3.27. The molecule has 0 spiro atoms. The van der Waals surface area contributed by atoms with Crippen LogP contribution < -0.4 is 10.6 Å². The minimum atomic E-state index is -0.358. The number of hydrogen-bond donors (Lipinski definition) is 3. The van der Waals surface area contributed by atoms with E-state index in [1.165, 1.54) is 0 Å². The lowest BCUT2D eigenvalue weighted by atomic mass is 10.2. The van der Waals surface area contributed by atoms with Crippen LogP contribution in [0.1, 0.15) is 16.1 Å². The number of aryl methyl sites for hydroxylation is 1. The third-order valence-corrected chi connectivity index (χ3v) is 3.27. The number of anilines is 1. The number of aromatic amines is 1. The summed E-state index contributed by atoms with van der Waals surface area (Å²) in [6.45, 7) is 1.74. The van der Waals surface area contributed by atoms with Crippen molar-refractivity contribution in [2.24, 2.45) is 0 Å². The molecule has 0 bridgehead atoms. The first-order chi connectivity index (χ1) is 11.1. The summed E-state index contributed by atoms with van der Waals surface area (Å²) >= 11 is 0. The van der Waals surface area contributed by atoms with Gasteiger partial charge in [0.15, 0.2) is 11.5 Å². The molecule has 1 aromatic carbocycles. The first-order valence-corrected chi connectivity index (χ1v) is 7.08. The Balaban J connectivity index is 1.62. The van der Waals surface area contributed by atoms with Crippen molar-refractivity contribution in [3.63, 3.8) is 0 Å². The molecule has 3 N–H and O–H groups in total. The van der Waals surface area contributed by atoms with Gasteiger partial charge in [-0.05, 0) is 31.2 Å². The monoisotopic (exact) mass is 309 g/mol. The van der Waals surface area contributed by atoms with Crippen LogP contribution in [-0.2, 0) is 4.79 Å². The molecule has 2 aromatic heterocycles. The van der Waals surface area contributed by atoms with Crippen molar-refractivity contribution in [1.82, 2.24) is 20.5 Å². The lowest BCUT2D eigenvalue weighted by Crippen LogP contribution is -2.32. The Morgan fingerprint density at radius 3 is 2.70 bits per heavy atom. The molecule has 3 aromatic rings. The Labute approximate surface area is 132 Å². The van der Waals surface area contributed by atoms with E-state index >= 15 is 0 Å². The molecule has 0 atom stereocenters. The molecule has 0 saturated carbocycles. The minimum Gasteiger partial charge on any atom is -0.343 e. The molecule has 116 valence electrons. The van der Waals surface area contributed by atoms with Gasteiger partial charge in [0.2, 0.25) is 5.91 Å². The molecule has 0 aliphatic heterocycles. The van der Waals surface area contributed by atoms with Crippen molar-refractivity contribution in [1.29, 1.82) is 0 Å². The predicted molar refractivity (Wildman–Crippen MR) is 86.0 cm³/mol. The van der Waals surface area contributed by atoms with E-state index in [0.29, 0.717) is 17.0 Å². The molecule has 7 heteroatoms. The zero-order chi connectivity index (χ0) is 16.2. The average molecular weight is 309 g/mol. The second kappa shape index (κ2) is 6.27. The van der Waals surface area contributed by atoms with Crippen molar-refractivity contribution in [2.45, 2.75) is 6.92 Å². The first-order valence-electron chi connectivity index (χ1n) is 7.08. The van der Waals surface area contributed by atoms with Gasteiger partial charge < -0.3 is 10.6 Å². The fourth-order valence-corrected chi connectivity index (χ4v) is 2.13. The van der Waals surface area contributed by atoms with Crippen molar-refractivity contribution in [3.05, 3.63) is 53.7 Å². The Morgan fingerprint density at radius 1 is 1.13 bits per heavy atom. The molecular weight excluding hydrogens is 294 g/mol. The van der Waals surface area contributed by atoms with Gasteiger partial charge in [-0.3, -0.25) is 14.7 Å². The number of H-pyrrole nitrogens is 1. The maximum atomic E-state index is 12.0. The second-order valence-corrected chi connectivity index (χ2v) is 5.02. The quantitative estimate of drug-likeness (QED) is 0.682. The highest BCUT2D eigenvalue weighted by molar-refractivity contribution is 6.02. The minimum absolute atomic E-state index is 0.138. The van der Waals surface area contributed by atoms with Gasteiger partial charge in [0, 0.05) is 11.3 Å². The largest absolute Gasteiger partial charge is 0.343 e. The normalized spacial score (nSPS) is 10.5. The topological polar surface area (TPSA) is 99.8 Å². The molecule has 0 unspecified atom stereocenters. The highest BCUT2D eigenvalue weighted by Gasteiger charge is 2.12. The van der Waals surface area contributed by atoms with Crippen molar-refractivity contribution < 1.29 is 9.59 Å². The van der Waals surface area contributed by atoms with Gasteiger partial charge >= 0.3 is 0 Å². The lowest BCUT2D eigenvalue weighted by molar-refractivity contribution is -0.115. The zero-order valence-electron chi connectivity index (χ0n) is 12.5. The SMILES string of the molecule is Cc1ccc2c(NC(=O)CNC(=O)c3ccccc3)n[nH]c2n1. The van der Waals surface area contributed by atoms with E-state index in [9.17, 15) is 9.59 Å². The van der Waals surface area contributed by atoms with Gasteiger partial charge in [-0.15, -0.1) is 0 Å². The van der Waals surface area contributed by atoms with Crippen LogP contribution in [0.15, 0.2) is 42.5 Å². The molecule has 2 amide bonds. The maximum Gasteiger partial charge on any atom is 0.251 e. The zero-order valence-corrected chi connectivity index (χ0v) is 12.5. The van der Waals surface area contributed by atoms with Gasteiger partial charge in [0.1, 0.15) is 0 Å². The number of rotatable bonds is 4. The Morgan fingerprint density at radius 2 is 1.91 bits per heavy atom.